The molecule has 1 N–H and O–H groups in total. The average Bonchev–Trinajstić information content (AvgIpc) is 2.70. The lowest BCUT2D eigenvalue weighted by Crippen LogP contribution is -2.40. The normalized spacial score (nSPS) is 19.0. The first-order valence-electron chi connectivity index (χ1n) is 10.1. The summed E-state index contributed by atoms with van der Waals surface area (Å²) < 4.78 is 5.21. The molecule has 1 fully saturated rings. The minimum atomic E-state index is 0.183. The van der Waals surface area contributed by atoms with Gasteiger partial charge in [0, 0.05) is 19.0 Å². The Labute approximate surface area is 157 Å². The lowest BCUT2D eigenvalue weighted by atomic mass is 9.95. The Morgan fingerprint density at radius 1 is 1.19 bits per heavy atom. The molecule has 1 aromatic carbocycles. The van der Waals surface area contributed by atoms with E-state index in [1.165, 1.54) is 36.8 Å². The van der Waals surface area contributed by atoms with E-state index in [9.17, 15) is 4.79 Å². The van der Waals surface area contributed by atoms with Crippen LogP contribution >= 0.6 is 0 Å². The van der Waals surface area contributed by atoms with Crippen molar-refractivity contribution in [2.75, 3.05) is 26.7 Å². The molecular formula is C22H32N2O2. The number of amides is 1. The van der Waals surface area contributed by atoms with Gasteiger partial charge in [0.05, 0.1) is 7.11 Å². The first kappa shape index (κ1) is 19.0. The van der Waals surface area contributed by atoms with Crippen LogP contribution in [0.1, 0.15) is 50.5 Å². The van der Waals surface area contributed by atoms with E-state index in [2.05, 4.69) is 28.4 Å². The SMILES string of the molecule is COc1ccc(CN2CCC(C(=O)NCCC3=CCCCC3)CC2)cc1. The minimum Gasteiger partial charge on any atom is -0.497 e. The molecule has 1 heterocycles. The first-order valence-corrected chi connectivity index (χ1v) is 10.1. The maximum absolute atomic E-state index is 12.4. The van der Waals surface area contributed by atoms with E-state index >= 15 is 0 Å². The number of ether oxygens (including phenoxy) is 1. The lowest BCUT2D eigenvalue weighted by Gasteiger charge is -2.31. The second-order valence-electron chi connectivity index (χ2n) is 7.55. The zero-order valence-electron chi connectivity index (χ0n) is 16.0. The summed E-state index contributed by atoms with van der Waals surface area (Å²) >= 11 is 0. The van der Waals surface area contributed by atoms with Gasteiger partial charge in [0.2, 0.25) is 5.91 Å². The third-order valence-corrected chi connectivity index (χ3v) is 5.65. The topological polar surface area (TPSA) is 41.6 Å². The van der Waals surface area contributed by atoms with Gasteiger partial charge in [-0.2, -0.15) is 0 Å². The number of carbonyl (C=O) groups is 1. The summed E-state index contributed by atoms with van der Waals surface area (Å²) in [7, 11) is 1.69. The number of benzene rings is 1. The van der Waals surface area contributed by atoms with Gasteiger partial charge in [-0.25, -0.2) is 0 Å². The van der Waals surface area contributed by atoms with Crippen LogP contribution in [0.5, 0.6) is 5.75 Å². The van der Waals surface area contributed by atoms with Gasteiger partial charge < -0.3 is 10.1 Å². The third kappa shape index (κ3) is 5.60. The molecule has 4 nitrogen and oxygen atoms in total. The number of hydrogen-bond donors (Lipinski definition) is 1. The van der Waals surface area contributed by atoms with Gasteiger partial charge in [-0.15, -0.1) is 0 Å². The molecule has 0 saturated carbocycles. The standard InChI is InChI=1S/C22H32N2O2/c1-26-21-9-7-19(8-10-21)17-24-15-12-20(13-16-24)22(25)23-14-11-18-5-3-2-4-6-18/h5,7-10,20H,2-4,6,11-17H2,1H3,(H,23,25). The van der Waals surface area contributed by atoms with E-state index < -0.39 is 0 Å². The molecule has 0 radical (unpaired) electrons. The Hall–Kier alpha value is -1.81. The summed E-state index contributed by atoms with van der Waals surface area (Å²) in [5.74, 6) is 1.33. The number of rotatable bonds is 7. The Morgan fingerprint density at radius 2 is 1.96 bits per heavy atom. The molecule has 4 heteroatoms. The smallest absolute Gasteiger partial charge is 0.223 e. The van der Waals surface area contributed by atoms with Crippen molar-refractivity contribution in [1.82, 2.24) is 10.2 Å². The number of nitrogens with one attached hydrogen (secondary N) is 1. The van der Waals surface area contributed by atoms with Crippen LogP contribution in [-0.2, 0) is 11.3 Å². The zero-order valence-corrected chi connectivity index (χ0v) is 16.0. The number of likely N-dealkylation sites (tertiary alicyclic amines) is 1. The average molecular weight is 357 g/mol. The molecule has 1 aliphatic heterocycles. The molecular weight excluding hydrogens is 324 g/mol. The van der Waals surface area contributed by atoms with Gasteiger partial charge >= 0.3 is 0 Å². The predicted molar refractivity (Wildman–Crippen MR) is 105 cm³/mol. The highest BCUT2D eigenvalue weighted by Crippen LogP contribution is 2.21. The monoisotopic (exact) mass is 356 g/mol. The van der Waals surface area contributed by atoms with E-state index in [0.29, 0.717) is 0 Å². The van der Waals surface area contributed by atoms with Crippen LogP contribution in [-0.4, -0.2) is 37.6 Å². The molecule has 142 valence electrons. The van der Waals surface area contributed by atoms with Crippen LogP contribution in [0, 0.1) is 5.92 Å². The number of hydrogen-bond acceptors (Lipinski definition) is 3. The molecule has 0 unspecified atom stereocenters. The van der Waals surface area contributed by atoms with Crippen molar-refractivity contribution in [2.45, 2.75) is 51.5 Å². The maximum atomic E-state index is 12.4. The number of carbonyl (C=O) groups excluding carboxylic acids is 1. The van der Waals surface area contributed by atoms with Crippen molar-refractivity contribution >= 4 is 5.91 Å². The molecule has 0 bridgehead atoms. The number of nitrogens with zero attached hydrogens (tertiary/aromatic N) is 1. The quantitative estimate of drug-likeness (QED) is 0.753. The van der Waals surface area contributed by atoms with Crippen molar-refractivity contribution in [3.8, 4) is 5.75 Å². The second kappa shape index (κ2) is 9.77. The van der Waals surface area contributed by atoms with E-state index in [1.807, 2.05) is 12.1 Å². The van der Waals surface area contributed by atoms with Crippen molar-refractivity contribution in [3.05, 3.63) is 41.5 Å². The highest BCUT2D eigenvalue weighted by molar-refractivity contribution is 5.78. The number of allylic oxidation sites excluding steroid dienone is 1. The second-order valence-corrected chi connectivity index (χ2v) is 7.55. The van der Waals surface area contributed by atoms with Crippen LogP contribution in [0.25, 0.3) is 0 Å². The summed E-state index contributed by atoms with van der Waals surface area (Å²) in [4.78, 5) is 14.9. The molecule has 1 aliphatic carbocycles. The molecule has 0 aromatic heterocycles. The molecule has 1 saturated heterocycles. The summed E-state index contributed by atoms with van der Waals surface area (Å²) in [5.41, 5.74) is 2.83. The highest BCUT2D eigenvalue weighted by atomic mass is 16.5. The lowest BCUT2D eigenvalue weighted by molar-refractivity contribution is -0.126. The Kier molecular flexibility index (Phi) is 7.13. The molecule has 3 rings (SSSR count). The van der Waals surface area contributed by atoms with Gasteiger partial charge in [-0.05, 0) is 75.7 Å². The first-order chi connectivity index (χ1) is 12.7. The van der Waals surface area contributed by atoms with Crippen LogP contribution in [0.4, 0.5) is 0 Å². The van der Waals surface area contributed by atoms with Crippen LogP contribution in [0.2, 0.25) is 0 Å². The molecule has 1 amide bonds. The number of methoxy groups -OCH3 is 1. The van der Waals surface area contributed by atoms with E-state index in [0.717, 1.165) is 51.2 Å². The Morgan fingerprint density at radius 3 is 2.62 bits per heavy atom. The predicted octanol–water partition coefficient (Wildman–Crippen LogP) is 3.91. The molecule has 0 atom stereocenters. The fraction of sp³-hybridized carbons (Fsp3) is 0.591. The fourth-order valence-corrected chi connectivity index (χ4v) is 3.96. The fourth-order valence-electron chi connectivity index (χ4n) is 3.96. The molecule has 1 aromatic rings. The van der Waals surface area contributed by atoms with E-state index in [1.54, 1.807) is 7.11 Å². The van der Waals surface area contributed by atoms with Crippen LogP contribution in [0.15, 0.2) is 35.9 Å². The summed E-state index contributed by atoms with van der Waals surface area (Å²) in [6, 6.07) is 8.27. The van der Waals surface area contributed by atoms with Crippen molar-refractivity contribution in [3.63, 3.8) is 0 Å². The van der Waals surface area contributed by atoms with Crippen LogP contribution < -0.4 is 10.1 Å². The van der Waals surface area contributed by atoms with E-state index in [4.69, 9.17) is 4.74 Å². The van der Waals surface area contributed by atoms with Gasteiger partial charge in [0.15, 0.2) is 0 Å². The maximum Gasteiger partial charge on any atom is 0.223 e. The summed E-state index contributed by atoms with van der Waals surface area (Å²) in [6.07, 6.45) is 10.4. The molecule has 26 heavy (non-hydrogen) atoms. The highest BCUT2D eigenvalue weighted by Gasteiger charge is 2.24. The summed E-state index contributed by atoms with van der Waals surface area (Å²) in [6.45, 7) is 3.74. The van der Waals surface area contributed by atoms with Gasteiger partial charge in [-0.3, -0.25) is 9.69 Å². The largest absolute Gasteiger partial charge is 0.497 e. The van der Waals surface area contributed by atoms with Crippen molar-refractivity contribution in [2.24, 2.45) is 5.92 Å². The minimum absolute atomic E-state index is 0.183. The Balaban J connectivity index is 1.35. The number of piperidine rings is 1. The van der Waals surface area contributed by atoms with E-state index in [-0.39, 0.29) is 11.8 Å². The van der Waals surface area contributed by atoms with Crippen molar-refractivity contribution < 1.29 is 9.53 Å². The van der Waals surface area contributed by atoms with Crippen molar-refractivity contribution in [1.29, 1.82) is 0 Å². The van der Waals surface area contributed by atoms with Crippen LogP contribution in [0.3, 0.4) is 0 Å². The zero-order chi connectivity index (χ0) is 18.2. The molecule has 0 spiro atoms. The Bertz CT molecular complexity index is 601. The van der Waals surface area contributed by atoms with Gasteiger partial charge in [-0.1, -0.05) is 23.8 Å². The molecule has 2 aliphatic rings. The van der Waals surface area contributed by atoms with Gasteiger partial charge in [0.1, 0.15) is 5.75 Å². The van der Waals surface area contributed by atoms with Gasteiger partial charge in [0.25, 0.3) is 0 Å². The third-order valence-electron chi connectivity index (χ3n) is 5.65. The summed E-state index contributed by atoms with van der Waals surface area (Å²) in [5, 5.41) is 3.16.